The molecule has 0 spiro atoms. The van der Waals surface area contributed by atoms with Gasteiger partial charge >= 0.3 is 6.18 Å². The highest BCUT2D eigenvalue weighted by atomic mass is 32.2. The van der Waals surface area contributed by atoms with Crippen molar-refractivity contribution < 1.29 is 26.4 Å². The maximum absolute atomic E-state index is 13.6. The van der Waals surface area contributed by atoms with Crippen molar-refractivity contribution in [3.63, 3.8) is 0 Å². The molecule has 2 aromatic rings. The summed E-state index contributed by atoms with van der Waals surface area (Å²) >= 11 is 0. The SMILES string of the molecule is N#C[C@@](c1ccccc1)([C@H]1CCCC(=O)C1)S(=O)(=O)c1ccc(C(F)(F)F)cc1. The number of sulfone groups is 1. The molecule has 0 unspecified atom stereocenters. The van der Waals surface area contributed by atoms with Crippen molar-refractivity contribution in [2.75, 3.05) is 0 Å². The van der Waals surface area contributed by atoms with Gasteiger partial charge in [0, 0.05) is 18.8 Å². The van der Waals surface area contributed by atoms with E-state index >= 15 is 0 Å². The number of carbonyl (C=O) groups excluding carboxylic acids is 1. The van der Waals surface area contributed by atoms with Gasteiger partial charge in [0.05, 0.1) is 16.5 Å². The van der Waals surface area contributed by atoms with Crippen LogP contribution in [0.4, 0.5) is 13.2 Å². The van der Waals surface area contributed by atoms with E-state index in [4.69, 9.17) is 0 Å². The molecule has 0 radical (unpaired) electrons. The van der Waals surface area contributed by atoms with Gasteiger partial charge in [0.15, 0.2) is 4.75 Å². The lowest BCUT2D eigenvalue weighted by molar-refractivity contribution is -0.137. The lowest BCUT2D eigenvalue weighted by Crippen LogP contribution is -2.44. The number of Topliss-reactive ketones (excluding diaryl/α,β-unsaturated/α-hetero) is 1. The van der Waals surface area contributed by atoms with Crippen LogP contribution in [-0.4, -0.2) is 14.2 Å². The summed E-state index contributed by atoms with van der Waals surface area (Å²) < 4.78 is 63.8. The molecule has 0 heterocycles. The van der Waals surface area contributed by atoms with Crippen molar-refractivity contribution in [3.05, 3.63) is 65.7 Å². The van der Waals surface area contributed by atoms with Crippen LogP contribution in [0.2, 0.25) is 0 Å². The highest BCUT2D eigenvalue weighted by molar-refractivity contribution is 7.92. The van der Waals surface area contributed by atoms with Crippen molar-refractivity contribution in [1.29, 1.82) is 5.26 Å². The molecule has 0 bridgehead atoms. The number of rotatable bonds is 4. The molecule has 152 valence electrons. The van der Waals surface area contributed by atoms with Crippen LogP contribution in [-0.2, 0) is 25.6 Å². The number of ketones is 1. The van der Waals surface area contributed by atoms with E-state index < -0.39 is 32.2 Å². The number of nitriles is 1. The van der Waals surface area contributed by atoms with Crippen LogP contribution in [0.5, 0.6) is 0 Å². The molecule has 0 amide bonds. The lowest BCUT2D eigenvalue weighted by Gasteiger charge is -2.36. The summed E-state index contributed by atoms with van der Waals surface area (Å²) in [4.78, 5) is 11.7. The third kappa shape index (κ3) is 3.67. The minimum Gasteiger partial charge on any atom is -0.300 e. The fraction of sp³-hybridized carbons (Fsp3) is 0.333. The monoisotopic (exact) mass is 421 g/mol. The smallest absolute Gasteiger partial charge is 0.300 e. The molecular weight excluding hydrogens is 403 g/mol. The molecule has 0 aliphatic heterocycles. The van der Waals surface area contributed by atoms with E-state index in [1.54, 1.807) is 18.2 Å². The highest BCUT2D eigenvalue weighted by Crippen LogP contribution is 2.47. The highest BCUT2D eigenvalue weighted by Gasteiger charge is 2.54. The molecule has 8 heteroatoms. The Morgan fingerprint density at radius 2 is 1.59 bits per heavy atom. The molecule has 1 aliphatic rings. The second-order valence-electron chi connectivity index (χ2n) is 7.07. The van der Waals surface area contributed by atoms with Crippen molar-refractivity contribution in [2.45, 2.75) is 41.5 Å². The number of carbonyl (C=O) groups is 1. The first-order valence-corrected chi connectivity index (χ1v) is 10.5. The van der Waals surface area contributed by atoms with Gasteiger partial charge in [-0.2, -0.15) is 18.4 Å². The fourth-order valence-corrected chi connectivity index (χ4v) is 5.97. The Bertz CT molecular complexity index is 1040. The summed E-state index contributed by atoms with van der Waals surface area (Å²) in [5.41, 5.74) is -0.770. The Morgan fingerprint density at radius 1 is 0.966 bits per heavy atom. The zero-order valence-corrected chi connectivity index (χ0v) is 16.1. The summed E-state index contributed by atoms with van der Waals surface area (Å²) in [6.45, 7) is 0. The van der Waals surface area contributed by atoms with E-state index in [0.29, 0.717) is 31.4 Å². The predicted molar refractivity (Wildman–Crippen MR) is 99.3 cm³/mol. The summed E-state index contributed by atoms with van der Waals surface area (Å²) in [7, 11) is -4.43. The Balaban J connectivity index is 2.20. The van der Waals surface area contributed by atoms with E-state index in [1.807, 2.05) is 6.07 Å². The quantitative estimate of drug-likeness (QED) is 0.720. The van der Waals surface area contributed by atoms with Gasteiger partial charge in [0.2, 0.25) is 9.84 Å². The molecule has 1 fully saturated rings. The molecule has 29 heavy (non-hydrogen) atoms. The zero-order valence-electron chi connectivity index (χ0n) is 15.3. The standard InChI is InChI=1S/C21H18F3NO3S/c22-21(23,24)16-9-11-19(12-10-16)29(27,28)20(14-25,15-5-2-1-3-6-15)17-7-4-8-18(26)13-17/h1-3,5-6,9-12,17H,4,7-8,13H2/t17-,20+/m0/s1. The molecule has 0 aromatic heterocycles. The number of hydrogen-bond acceptors (Lipinski definition) is 4. The minimum absolute atomic E-state index is 0.0671. The average Bonchev–Trinajstić information content (AvgIpc) is 2.69. The van der Waals surface area contributed by atoms with Gasteiger partial charge in [-0.3, -0.25) is 4.79 Å². The van der Waals surface area contributed by atoms with Crippen molar-refractivity contribution in [1.82, 2.24) is 0 Å². The van der Waals surface area contributed by atoms with Crippen molar-refractivity contribution in [2.24, 2.45) is 5.92 Å². The molecule has 2 aromatic carbocycles. The van der Waals surface area contributed by atoms with Crippen molar-refractivity contribution in [3.8, 4) is 6.07 Å². The molecular formula is C21H18F3NO3S. The molecule has 3 rings (SSSR count). The lowest BCUT2D eigenvalue weighted by atomic mass is 9.76. The summed E-state index contributed by atoms with van der Waals surface area (Å²) in [5, 5.41) is 10.1. The zero-order chi connectivity index (χ0) is 21.3. The predicted octanol–water partition coefficient (Wildman–Crippen LogP) is 4.66. The van der Waals surface area contributed by atoms with Gasteiger partial charge in [-0.05, 0) is 42.7 Å². The molecule has 1 aliphatic carbocycles. The number of hydrogen-bond donors (Lipinski definition) is 0. The van der Waals surface area contributed by atoms with Crippen molar-refractivity contribution >= 4 is 15.6 Å². The second-order valence-corrected chi connectivity index (χ2v) is 9.19. The van der Waals surface area contributed by atoms with Crippen LogP contribution in [0, 0.1) is 17.2 Å². The maximum atomic E-state index is 13.6. The summed E-state index contributed by atoms with van der Waals surface area (Å²) in [6.07, 6.45) is -3.53. The number of nitrogens with zero attached hydrogens (tertiary/aromatic N) is 1. The van der Waals surface area contributed by atoms with Gasteiger partial charge in [0.25, 0.3) is 0 Å². The van der Waals surface area contributed by atoms with Gasteiger partial charge in [-0.15, -0.1) is 0 Å². The van der Waals surface area contributed by atoms with Crippen LogP contribution >= 0.6 is 0 Å². The number of halogens is 3. The average molecular weight is 421 g/mol. The topological polar surface area (TPSA) is 75.0 Å². The van der Waals surface area contributed by atoms with E-state index in [0.717, 1.165) is 12.1 Å². The van der Waals surface area contributed by atoms with E-state index in [-0.39, 0.29) is 22.7 Å². The first kappa shape index (κ1) is 21.1. The third-order valence-corrected chi connectivity index (χ3v) is 7.74. The molecule has 4 nitrogen and oxygen atoms in total. The van der Waals surface area contributed by atoms with Gasteiger partial charge in [-0.1, -0.05) is 30.3 Å². The van der Waals surface area contributed by atoms with Crippen LogP contribution in [0.3, 0.4) is 0 Å². The summed E-state index contributed by atoms with van der Waals surface area (Å²) in [5.74, 6) is -0.914. The Kier molecular flexibility index (Phi) is 5.54. The Morgan fingerprint density at radius 3 is 2.10 bits per heavy atom. The van der Waals surface area contributed by atoms with Crippen LogP contribution in [0.15, 0.2) is 59.5 Å². The molecule has 1 saturated carbocycles. The largest absolute Gasteiger partial charge is 0.416 e. The maximum Gasteiger partial charge on any atom is 0.416 e. The van der Waals surface area contributed by atoms with Crippen LogP contribution < -0.4 is 0 Å². The Hall–Kier alpha value is -2.66. The minimum atomic E-state index is -4.61. The van der Waals surface area contributed by atoms with E-state index in [9.17, 15) is 31.6 Å². The van der Waals surface area contributed by atoms with Gasteiger partial charge in [0.1, 0.15) is 5.78 Å². The third-order valence-electron chi connectivity index (χ3n) is 5.34. The molecule has 0 N–H and O–H groups in total. The first-order valence-electron chi connectivity index (χ1n) is 9.03. The van der Waals surface area contributed by atoms with Crippen LogP contribution in [0.25, 0.3) is 0 Å². The van der Waals surface area contributed by atoms with Gasteiger partial charge < -0.3 is 0 Å². The van der Waals surface area contributed by atoms with Crippen LogP contribution in [0.1, 0.15) is 36.8 Å². The number of benzene rings is 2. The summed E-state index contributed by atoms with van der Waals surface area (Å²) in [6, 6.07) is 12.9. The number of alkyl halides is 3. The van der Waals surface area contributed by atoms with E-state index in [1.165, 1.54) is 12.1 Å². The fourth-order valence-electron chi connectivity index (χ4n) is 3.89. The van der Waals surface area contributed by atoms with E-state index in [2.05, 4.69) is 0 Å². The second kappa shape index (κ2) is 7.64. The molecule has 0 saturated heterocycles. The normalized spacial score (nSPS) is 19.9. The van der Waals surface area contributed by atoms with Gasteiger partial charge in [-0.25, -0.2) is 8.42 Å². The molecule has 2 atom stereocenters. The first-order chi connectivity index (χ1) is 13.6. The Labute approximate surface area is 166 Å².